The van der Waals surface area contributed by atoms with Crippen LogP contribution in [0.4, 0.5) is 13.2 Å². The van der Waals surface area contributed by atoms with Crippen molar-refractivity contribution in [3.63, 3.8) is 0 Å². The molecule has 3 heterocycles. The number of alkyl halides is 3. The Hall–Kier alpha value is -3.77. The molecule has 0 N–H and O–H groups in total. The van der Waals surface area contributed by atoms with Crippen LogP contribution >= 0.6 is 0 Å². The van der Waals surface area contributed by atoms with Crippen LogP contribution in [0.25, 0.3) is 22.2 Å². The number of aryl methyl sites for hydroxylation is 1. The molecule has 0 aliphatic carbocycles. The van der Waals surface area contributed by atoms with Gasteiger partial charge in [0.25, 0.3) is 10.0 Å². The molecule has 0 radical (unpaired) electrons. The number of carbonyl (C=O) groups excluding carboxylic acids is 1. The van der Waals surface area contributed by atoms with Gasteiger partial charge in [0.15, 0.2) is 5.78 Å². The van der Waals surface area contributed by atoms with E-state index in [1.165, 1.54) is 22.5 Å². The molecule has 1 aliphatic rings. The number of nitrogens with zero attached hydrogens (tertiary/aromatic N) is 3. The molecule has 1 atom stereocenters. The maximum atomic E-state index is 13.4. The fourth-order valence-electron chi connectivity index (χ4n) is 4.85. The summed E-state index contributed by atoms with van der Waals surface area (Å²) >= 11 is 0. The van der Waals surface area contributed by atoms with Gasteiger partial charge in [-0.15, -0.1) is 0 Å². The van der Waals surface area contributed by atoms with E-state index in [0.717, 1.165) is 12.1 Å². The highest BCUT2D eigenvalue weighted by Crippen LogP contribution is 2.32. The van der Waals surface area contributed by atoms with Gasteiger partial charge < -0.3 is 9.15 Å². The smallest absolute Gasteiger partial charge is 0.416 e. The molecule has 222 valence electrons. The first-order valence-corrected chi connectivity index (χ1v) is 15.1. The van der Waals surface area contributed by atoms with Crippen LogP contribution in [0.3, 0.4) is 0 Å². The average Bonchev–Trinajstić information content (AvgIpc) is 3.63. The first kappa shape index (κ1) is 29.7. The number of furan rings is 1. The third-order valence-corrected chi connectivity index (χ3v) is 8.75. The maximum Gasteiger partial charge on any atom is 0.416 e. The Morgan fingerprint density at radius 2 is 1.83 bits per heavy atom. The second kappa shape index (κ2) is 11.8. The number of carbonyl (C=O) groups is 1. The van der Waals surface area contributed by atoms with Crippen molar-refractivity contribution in [2.24, 2.45) is 5.92 Å². The van der Waals surface area contributed by atoms with Crippen LogP contribution in [0, 0.1) is 5.92 Å². The summed E-state index contributed by atoms with van der Waals surface area (Å²) in [5.74, 6) is -0.0815. The second-order valence-electron chi connectivity index (χ2n) is 10.7. The van der Waals surface area contributed by atoms with Gasteiger partial charge in [0.05, 0.1) is 23.9 Å². The molecular formula is C30H30F3N3O5S. The van der Waals surface area contributed by atoms with Crippen LogP contribution in [0.15, 0.2) is 70.2 Å². The van der Waals surface area contributed by atoms with Gasteiger partial charge in [0, 0.05) is 35.7 Å². The monoisotopic (exact) mass is 601 g/mol. The minimum Gasteiger partial charge on any atom is -0.463 e. The van der Waals surface area contributed by atoms with Gasteiger partial charge in [-0.05, 0) is 49.4 Å². The molecule has 12 heteroatoms. The van der Waals surface area contributed by atoms with E-state index >= 15 is 0 Å². The second-order valence-corrected chi connectivity index (χ2v) is 12.5. The fourth-order valence-corrected chi connectivity index (χ4v) is 6.48. The molecular weight excluding hydrogens is 571 g/mol. The van der Waals surface area contributed by atoms with Gasteiger partial charge in [-0.1, -0.05) is 44.2 Å². The van der Waals surface area contributed by atoms with Crippen LogP contribution in [-0.4, -0.2) is 47.7 Å². The molecule has 0 saturated carbocycles. The Morgan fingerprint density at radius 1 is 1.10 bits per heavy atom. The molecule has 0 amide bonds. The van der Waals surface area contributed by atoms with Crippen molar-refractivity contribution < 1.29 is 35.5 Å². The van der Waals surface area contributed by atoms with Gasteiger partial charge in [-0.2, -0.15) is 22.5 Å². The molecule has 2 aromatic carbocycles. The van der Waals surface area contributed by atoms with Crippen LogP contribution in [0.2, 0.25) is 0 Å². The summed E-state index contributed by atoms with van der Waals surface area (Å²) in [6.45, 7) is 4.43. The summed E-state index contributed by atoms with van der Waals surface area (Å²) < 4.78 is 78.5. The van der Waals surface area contributed by atoms with E-state index in [2.05, 4.69) is 9.97 Å². The summed E-state index contributed by atoms with van der Waals surface area (Å²) in [6.07, 6.45) is -3.37. The molecule has 0 unspecified atom stereocenters. The lowest BCUT2D eigenvalue weighted by molar-refractivity contribution is -0.137. The van der Waals surface area contributed by atoms with E-state index in [4.69, 9.17) is 9.15 Å². The number of ketones is 1. The van der Waals surface area contributed by atoms with Crippen LogP contribution in [0.1, 0.15) is 44.4 Å². The minimum absolute atomic E-state index is 0.00387. The Balaban J connectivity index is 1.34. The number of aromatic nitrogens is 2. The first-order valence-electron chi connectivity index (χ1n) is 13.6. The van der Waals surface area contributed by atoms with Crippen molar-refractivity contribution in [1.82, 2.24) is 14.3 Å². The van der Waals surface area contributed by atoms with E-state index in [9.17, 15) is 26.4 Å². The van der Waals surface area contributed by atoms with Gasteiger partial charge >= 0.3 is 12.2 Å². The lowest BCUT2D eigenvalue weighted by atomic mass is 10.0. The molecule has 8 nitrogen and oxygen atoms in total. The molecule has 0 spiro atoms. The number of ether oxygens (including phenoxy) is 1. The SMILES string of the molecule is CC(C)COc1nc(CCC(=O)[C@@H]2CCCN2S(=O)(=O)c2cc3ccccc3o2)cc(-c2ccc(C(F)(F)F)cc2)n1. The Labute approximate surface area is 241 Å². The molecule has 2 aromatic heterocycles. The molecule has 42 heavy (non-hydrogen) atoms. The number of hydrogen-bond donors (Lipinski definition) is 0. The number of halogens is 3. The summed E-state index contributed by atoms with van der Waals surface area (Å²) in [5.41, 5.74) is 0.917. The standard InChI is InChI=1S/C30H30F3N3O5S/c1-19(2)18-40-29-34-23(17-24(35-29)20-9-11-22(12-10-20)30(31,32)33)13-14-26(37)25-7-5-15-36(25)42(38,39)28-16-21-6-3-4-8-27(21)41-28/h3-4,6,8-12,16-17,19,25H,5,7,13-15,18H2,1-2H3/t25-/m0/s1. The Morgan fingerprint density at radius 3 is 2.52 bits per heavy atom. The number of sulfonamides is 1. The highest BCUT2D eigenvalue weighted by atomic mass is 32.2. The van der Waals surface area contributed by atoms with E-state index in [0.29, 0.717) is 47.4 Å². The normalized spacial score (nSPS) is 16.4. The van der Waals surface area contributed by atoms with Gasteiger partial charge in [0.1, 0.15) is 5.58 Å². The quantitative estimate of drug-likeness (QED) is 0.210. The predicted molar refractivity (Wildman–Crippen MR) is 149 cm³/mol. The number of rotatable bonds is 10. The van der Waals surface area contributed by atoms with Crippen LogP contribution in [-0.2, 0) is 27.4 Å². The van der Waals surface area contributed by atoms with E-state index in [-0.39, 0.29) is 42.2 Å². The predicted octanol–water partition coefficient (Wildman–Crippen LogP) is 6.30. The van der Waals surface area contributed by atoms with Gasteiger partial charge in [-0.25, -0.2) is 13.4 Å². The summed E-state index contributed by atoms with van der Waals surface area (Å²) in [5, 5.41) is 0.452. The number of fused-ring (bicyclic) bond motifs is 1. The largest absolute Gasteiger partial charge is 0.463 e. The van der Waals surface area contributed by atoms with Crippen molar-refractivity contribution in [3.8, 4) is 17.3 Å². The molecule has 1 fully saturated rings. The molecule has 4 aromatic rings. The zero-order valence-electron chi connectivity index (χ0n) is 23.1. The zero-order valence-corrected chi connectivity index (χ0v) is 23.9. The third-order valence-electron chi connectivity index (χ3n) is 6.98. The van der Waals surface area contributed by atoms with Crippen LogP contribution < -0.4 is 4.74 Å². The van der Waals surface area contributed by atoms with Crippen molar-refractivity contribution in [1.29, 1.82) is 0 Å². The zero-order chi connectivity index (χ0) is 30.1. The van der Waals surface area contributed by atoms with E-state index in [1.807, 2.05) is 13.8 Å². The lowest BCUT2D eigenvalue weighted by Crippen LogP contribution is -2.40. The summed E-state index contributed by atoms with van der Waals surface area (Å²) in [4.78, 5) is 22.1. The van der Waals surface area contributed by atoms with Crippen LogP contribution in [0.5, 0.6) is 6.01 Å². The number of Topliss-reactive ketones (excluding diaryl/α,β-unsaturated/α-hetero) is 1. The van der Waals surface area contributed by atoms with Crippen molar-refractivity contribution in [2.75, 3.05) is 13.2 Å². The van der Waals surface area contributed by atoms with Crippen molar-refractivity contribution in [3.05, 3.63) is 71.9 Å². The van der Waals surface area contributed by atoms with Crippen molar-refractivity contribution >= 4 is 26.8 Å². The lowest BCUT2D eigenvalue weighted by Gasteiger charge is -2.21. The fraction of sp³-hybridized carbons (Fsp3) is 0.367. The Bertz CT molecular complexity index is 1650. The van der Waals surface area contributed by atoms with Gasteiger partial charge in [-0.3, -0.25) is 4.79 Å². The maximum absolute atomic E-state index is 13.4. The number of para-hydroxylation sites is 1. The van der Waals surface area contributed by atoms with E-state index < -0.39 is 27.8 Å². The van der Waals surface area contributed by atoms with Gasteiger partial charge in [0.2, 0.25) is 5.09 Å². The highest BCUT2D eigenvalue weighted by Gasteiger charge is 2.40. The molecule has 1 saturated heterocycles. The average molecular weight is 602 g/mol. The minimum atomic E-state index is -4.47. The topological polar surface area (TPSA) is 103 Å². The summed E-state index contributed by atoms with van der Waals surface area (Å²) in [6, 6.07) is 13.9. The Kier molecular flexibility index (Phi) is 8.38. The molecule has 5 rings (SSSR count). The summed E-state index contributed by atoms with van der Waals surface area (Å²) in [7, 11) is -4.04. The number of hydrogen-bond acceptors (Lipinski definition) is 7. The van der Waals surface area contributed by atoms with E-state index in [1.54, 1.807) is 30.3 Å². The highest BCUT2D eigenvalue weighted by molar-refractivity contribution is 7.89. The molecule has 0 bridgehead atoms. The third kappa shape index (κ3) is 6.49. The van der Waals surface area contributed by atoms with Crippen molar-refractivity contribution in [2.45, 2.75) is 56.8 Å². The number of benzene rings is 2. The first-order chi connectivity index (χ1) is 19.9. The molecule has 1 aliphatic heterocycles.